The smallest absolute Gasteiger partial charge is 0.231 e. The van der Waals surface area contributed by atoms with E-state index in [9.17, 15) is 9.59 Å². The number of hydrogen-bond donors (Lipinski definition) is 2. The Bertz CT molecular complexity index is 897. The monoisotopic (exact) mass is 380 g/mol. The molecule has 0 unspecified atom stereocenters. The molecule has 0 aliphatic carbocycles. The van der Waals surface area contributed by atoms with Gasteiger partial charge in [-0.15, -0.1) is 5.10 Å². The maximum atomic E-state index is 12.2. The molecule has 6 nitrogen and oxygen atoms in total. The van der Waals surface area contributed by atoms with E-state index in [2.05, 4.69) is 20.5 Å². The standard InChI is InChI=1S/C20H20N4O2S/c1-14(25)17(12-15-8-4-2-5-9-15)21-18(26)13-27-20-22-19(23-24-20)16-10-6-3-7-11-16/h2-11,17H,12-13H2,1H3,(H,21,26)(H,22,23,24)/t17-/m0/s1. The Morgan fingerprint density at radius 1 is 1.07 bits per heavy atom. The Labute approximate surface area is 161 Å². The predicted molar refractivity (Wildman–Crippen MR) is 105 cm³/mol. The molecule has 2 N–H and O–H groups in total. The summed E-state index contributed by atoms with van der Waals surface area (Å²) in [5, 5.41) is 10.3. The molecule has 0 aliphatic rings. The molecule has 1 atom stereocenters. The highest BCUT2D eigenvalue weighted by Gasteiger charge is 2.18. The molecule has 2 aromatic carbocycles. The van der Waals surface area contributed by atoms with Gasteiger partial charge in [0, 0.05) is 5.56 Å². The Morgan fingerprint density at radius 3 is 2.41 bits per heavy atom. The van der Waals surface area contributed by atoms with Gasteiger partial charge in [-0.2, -0.15) is 0 Å². The highest BCUT2D eigenvalue weighted by atomic mass is 32.2. The van der Waals surface area contributed by atoms with Crippen molar-refractivity contribution < 1.29 is 9.59 Å². The van der Waals surface area contributed by atoms with Crippen LogP contribution in [0, 0.1) is 0 Å². The fraction of sp³-hybridized carbons (Fsp3) is 0.200. The molecule has 3 aromatic rings. The maximum Gasteiger partial charge on any atom is 0.231 e. The lowest BCUT2D eigenvalue weighted by Crippen LogP contribution is -2.42. The molecule has 7 heteroatoms. The van der Waals surface area contributed by atoms with Gasteiger partial charge in [-0.1, -0.05) is 72.4 Å². The Morgan fingerprint density at radius 2 is 1.74 bits per heavy atom. The Balaban J connectivity index is 1.54. The molecule has 0 saturated heterocycles. The van der Waals surface area contributed by atoms with Crippen LogP contribution < -0.4 is 5.32 Å². The predicted octanol–water partition coefficient (Wildman–Crippen LogP) is 2.88. The number of H-pyrrole nitrogens is 1. The highest BCUT2D eigenvalue weighted by molar-refractivity contribution is 7.99. The molecule has 27 heavy (non-hydrogen) atoms. The van der Waals surface area contributed by atoms with Gasteiger partial charge in [0.1, 0.15) is 0 Å². The lowest BCUT2D eigenvalue weighted by molar-refractivity contribution is -0.125. The molecule has 1 heterocycles. The van der Waals surface area contributed by atoms with Gasteiger partial charge in [0.15, 0.2) is 11.6 Å². The second-order valence-electron chi connectivity index (χ2n) is 6.04. The van der Waals surface area contributed by atoms with Crippen LogP contribution in [0.3, 0.4) is 0 Å². The highest BCUT2D eigenvalue weighted by Crippen LogP contribution is 2.18. The van der Waals surface area contributed by atoms with Gasteiger partial charge in [-0.3, -0.25) is 14.7 Å². The average molecular weight is 380 g/mol. The third kappa shape index (κ3) is 5.52. The van der Waals surface area contributed by atoms with Crippen LogP contribution in [-0.4, -0.2) is 38.7 Å². The molecular formula is C20H20N4O2S. The van der Waals surface area contributed by atoms with E-state index in [1.807, 2.05) is 60.7 Å². The minimum absolute atomic E-state index is 0.0681. The van der Waals surface area contributed by atoms with Gasteiger partial charge in [-0.05, 0) is 18.9 Å². The lowest BCUT2D eigenvalue weighted by atomic mass is 10.0. The molecule has 0 spiro atoms. The normalized spacial score (nSPS) is 11.7. The van der Waals surface area contributed by atoms with E-state index in [-0.39, 0.29) is 17.4 Å². The summed E-state index contributed by atoms with van der Waals surface area (Å²) in [4.78, 5) is 28.5. The van der Waals surface area contributed by atoms with Crippen LogP contribution in [-0.2, 0) is 16.0 Å². The third-order valence-electron chi connectivity index (χ3n) is 3.95. The number of carbonyl (C=O) groups excluding carboxylic acids is 2. The Kier molecular flexibility index (Phi) is 6.38. The number of Topliss-reactive ketones (excluding diaryl/α,β-unsaturated/α-hetero) is 1. The first kappa shape index (κ1) is 18.8. The minimum Gasteiger partial charge on any atom is -0.345 e. The molecule has 3 rings (SSSR count). The van der Waals surface area contributed by atoms with Crippen LogP contribution in [0.4, 0.5) is 0 Å². The number of thioether (sulfide) groups is 1. The van der Waals surface area contributed by atoms with E-state index in [1.54, 1.807) is 0 Å². The molecule has 1 aromatic heterocycles. The number of ketones is 1. The zero-order chi connectivity index (χ0) is 19.1. The van der Waals surface area contributed by atoms with Crippen molar-refractivity contribution in [3.05, 3.63) is 66.2 Å². The van der Waals surface area contributed by atoms with E-state index in [0.717, 1.165) is 11.1 Å². The van der Waals surface area contributed by atoms with Crippen LogP contribution in [0.25, 0.3) is 11.4 Å². The molecular weight excluding hydrogens is 360 g/mol. The van der Waals surface area contributed by atoms with Gasteiger partial charge in [0.25, 0.3) is 0 Å². The molecule has 138 valence electrons. The van der Waals surface area contributed by atoms with Crippen LogP contribution in [0.5, 0.6) is 0 Å². The fourth-order valence-corrected chi connectivity index (χ4v) is 3.16. The van der Waals surface area contributed by atoms with Crippen molar-refractivity contribution in [3.8, 4) is 11.4 Å². The number of nitrogens with one attached hydrogen (secondary N) is 2. The van der Waals surface area contributed by atoms with E-state index in [4.69, 9.17) is 0 Å². The number of rotatable bonds is 8. The SMILES string of the molecule is CC(=O)[C@H](Cc1ccccc1)NC(=O)CSc1n[nH]c(-c2ccccc2)n1. The summed E-state index contributed by atoms with van der Waals surface area (Å²) in [5.74, 6) is 0.512. The zero-order valence-electron chi connectivity index (χ0n) is 14.9. The summed E-state index contributed by atoms with van der Waals surface area (Å²) in [6.45, 7) is 1.49. The number of aromatic nitrogens is 3. The number of hydrogen-bond acceptors (Lipinski definition) is 5. The minimum atomic E-state index is -0.535. The van der Waals surface area contributed by atoms with Crippen molar-refractivity contribution in [3.63, 3.8) is 0 Å². The van der Waals surface area contributed by atoms with Crippen molar-refractivity contribution in [2.75, 3.05) is 5.75 Å². The van der Waals surface area contributed by atoms with Crippen molar-refractivity contribution in [1.82, 2.24) is 20.5 Å². The summed E-state index contributed by atoms with van der Waals surface area (Å²) in [5.41, 5.74) is 1.94. The second-order valence-corrected chi connectivity index (χ2v) is 6.98. The van der Waals surface area contributed by atoms with Gasteiger partial charge < -0.3 is 5.32 Å². The van der Waals surface area contributed by atoms with Crippen LogP contribution in [0.15, 0.2) is 65.8 Å². The van der Waals surface area contributed by atoms with Gasteiger partial charge >= 0.3 is 0 Å². The summed E-state index contributed by atoms with van der Waals surface area (Å²) in [6.07, 6.45) is 0.478. The first-order valence-electron chi connectivity index (χ1n) is 8.56. The van der Waals surface area contributed by atoms with Crippen LogP contribution >= 0.6 is 11.8 Å². The second kappa shape index (κ2) is 9.14. The largest absolute Gasteiger partial charge is 0.345 e. The number of aromatic amines is 1. The number of carbonyl (C=O) groups is 2. The quantitative estimate of drug-likeness (QED) is 0.587. The summed E-state index contributed by atoms with van der Waals surface area (Å²) < 4.78 is 0. The topological polar surface area (TPSA) is 87.7 Å². The van der Waals surface area contributed by atoms with Crippen molar-refractivity contribution in [2.24, 2.45) is 0 Å². The van der Waals surface area contributed by atoms with E-state index >= 15 is 0 Å². The van der Waals surface area contributed by atoms with E-state index in [1.165, 1.54) is 18.7 Å². The molecule has 0 aliphatic heterocycles. The molecule has 0 fully saturated rings. The number of amides is 1. The molecule has 1 amide bonds. The van der Waals surface area contributed by atoms with E-state index in [0.29, 0.717) is 17.4 Å². The van der Waals surface area contributed by atoms with Gasteiger partial charge in [0.2, 0.25) is 11.1 Å². The summed E-state index contributed by atoms with van der Waals surface area (Å²) >= 11 is 1.23. The fourth-order valence-electron chi connectivity index (χ4n) is 2.55. The van der Waals surface area contributed by atoms with Crippen LogP contribution in [0.2, 0.25) is 0 Å². The maximum absolute atomic E-state index is 12.2. The van der Waals surface area contributed by atoms with Crippen molar-refractivity contribution in [1.29, 1.82) is 0 Å². The van der Waals surface area contributed by atoms with Crippen molar-refractivity contribution >= 4 is 23.5 Å². The number of nitrogens with zero attached hydrogens (tertiary/aromatic N) is 2. The van der Waals surface area contributed by atoms with Gasteiger partial charge in [-0.25, -0.2) is 4.98 Å². The molecule has 0 bridgehead atoms. The van der Waals surface area contributed by atoms with Gasteiger partial charge in [0.05, 0.1) is 11.8 Å². The first-order chi connectivity index (χ1) is 13.1. The molecule has 0 radical (unpaired) electrons. The Hall–Kier alpha value is -2.93. The lowest BCUT2D eigenvalue weighted by Gasteiger charge is -2.15. The van der Waals surface area contributed by atoms with E-state index < -0.39 is 6.04 Å². The first-order valence-corrected chi connectivity index (χ1v) is 9.55. The van der Waals surface area contributed by atoms with Crippen molar-refractivity contribution in [2.45, 2.75) is 24.5 Å². The number of benzene rings is 2. The summed E-state index contributed by atoms with van der Waals surface area (Å²) in [6, 6.07) is 18.7. The van der Waals surface area contributed by atoms with Crippen LogP contribution in [0.1, 0.15) is 12.5 Å². The third-order valence-corrected chi connectivity index (χ3v) is 4.80. The zero-order valence-corrected chi connectivity index (χ0v) is 15.7. The molecule has 0 saturated carbocycles. The average Bonchev–Trinajstić information content (AvgIpc) is 3.16. The summed E-state index contributed by atoms with van der Waals surface area (Å²) in [7, 11) is 0.